The Labute approximate surface area is 187 Å². The monoisotopic (exact) mass is 457 g/mol. The molecule has 2 aromatic carbocycles. The summed E-state index contributed by atoms with van der Waals surface area (Å²) in [4.78, 5) is 36.2. The van der Waals surface area contributed by atoms with Gasteiger partial charge in [0.2, 0.25) is 0 Å². The van der Waals surface area contributed by atoms with E-state index in [1.165, 1.54) is 0 Å². The number of carboxylic acid groups (broad SMARTS) is 1. The molecule has 0 atom stereocenters. The molecule has 7 nitrogen and oxygen atoms in total. The normalized spacial score (nSPS) is 15.2. The molecule has 0 radical (unpaired) electrons. The van der Waals surface area contributed by atoms with Gasteiger partial charge in [-0.25, -0.2) is 9.69 Å². The summed E-state index contributed by atoms with van der Waals surface area (Å²) in [6.45, 7) is 1.70. The van der Waals surface area contributed by atoms with E-state index in [2.05, 4.69) is 9.88 Å². The van der Waals surface area contributed by atoms with Gasteiger partial charge in [0.15, 0.2) is 0 Å². The lowest BCUT2D eigenvalue weighted by Gasteiger charge is -2.11. The van der Waals surface area contributed by atoms with Crippen LogP contribution in [0.4, 0.5) is 4.79 Å². The summed E-state index contributed by atoms with van der Waals surface area (Å²) < 4.78 is 2.06. The highest BCUT2D eigenvalue weighted by Crippen LogP contribution is 2.31. The molecule has 0 unspecified atom stereocenters. The third-order valence-electron chi connectivity index (χ3n) is 5.17. The van der Waals surface area contributed by atoms with Crippen LogP contribution in [0.5, 0.6) is 0 Å². The van der Waals surface area contributed by atoms with Crippen molar-refractivity contribution >= 4 is 58.1 Å². The molecular weight excluding hydrogens is 441 g/mol. The van der Waals surface area contributed by atoms with Gasteiger partial charge in [0, 0.05) is 38.8 Å². The van der Waals surface area contributed by atoms with E-state index in [9.17, 15) is 14.4 Å². The molecule has 1 saturated heterocycles. The minimum atomic E-state index is -1.27. The Bertz CT molecular complexity index is 1280. The first kappa shape index (κ1) is 21.0. The van der Waals surface area contributed by atoms with Gasteiger partial charge in [-0.1, -0.05) is 47.5 Å². The standard InChI is InChI=1S/C22H17Cl2N3O4/c1-12-16(9-18-21(30)27(11-20(28)29)22(31)25-18)15-4-2-3-5-19(15)26(12)10-13-6-7-14(23)8-17(13)24/h2-9H,10-11H2,1H3,(H,25,31)(H,28,29)/b18-9+. The summed E-state index contributed by atoms with van der Waals surface area (Å²) in [5, 5.41) is 13.4. The van der Waals surface area contributed by atoms with Crippen LogP contribution >= 0.6 is 23.2 Å². The first-order chi connectivity index (χ1) is 14.8. The van der Waals surface area contributed by atoms with Crippen LogP contribution in [0, 0.1) is 6.92 Å². The lowest BCUT2D eigenvalue weighted by atomic mass is 10.1. The van der Waals surface area contributed by atoms with Gasteiger partial charge in [0.05, 0.1) is 0 Å². The van der Waals surface area contributed by atoms with E-state index in [0.717, 1.165) is 27.7 Å². The SMILES string of the molecule is Cc1c(/C=C2/NC(=O)N(CC(=O)O)C2=O)c2ccccc2n1Cc1ccc(Cl)cc1Cl. The molecule has 1 aliphatic rings. The fourth-order valence-corrected chi connectivity index (χ4v) is 4.13. The van der Waals surface area contributed by atoms with Crippen molar-refractivity contribution in [3.8, 4) is 0 Å². The zero-order chi connectivity index (χ0) is 22.3. The maximum Gasteiger partial charge on any atom is 0.329 e. The van der Waals surface area contributed by atoms with Crippen LogP contribution in [-0.4, -0.2) is 39.0 Å². The second kappa shape index (κ2) is 8.09. The number of rotatable bonds is 5. The van der Waals surface area contributed by atoms with Gasteiger partial charge in [-0.2, -0.15) is 0 Å². The Balaban J connectivity index is 1.79. The van der Waals surface area contributed by atoms with Crippen molar-refractivity contribution in [3.05, 3.63) is 75.0 Å². The lowest BCUT2D eigenvalue weighted by molar-refractivity contribution is -0.140. The van der Waals surface area contributed by atoms with Gasteiger partial charge in [0.1, 0.15) is 12.2 Å². The number of aromatic nitrogens is 1. The number of nitrogens with zero attached hydrogens (tertiary/aromatic N) is 2. The number of carbonyl (C=O) groups excluding carboxylic acids is 2. The first-order valence-electron chi connectivity index (χ1n) is 9.34. The van der Waals surface area contributed by atoms with Crippen LogP contribution in [-0.2, 0) is 16.1 Å². The minimum Gasteiger partial charge on any atom is -0.480 e. The van der Waals surface area contributed by atoms with Gasteiger partial charge in [-0.3, -0.25) is 9.59 Å². The number of halogens is 2. The number of carbonyl (C=O) groups is 3. The summed E-state index contributed by atoms with van der Waals surface area (Å²) >= 11 is 12.4. The van der Waals surface area contributed by atoms with Crippen LogP contribution < -0.4 is 5.32 Å². The topological polar surface area (TPSA) is 91.6 Å². The molecule has 1 fully saturated rings. The van der Waals surface area contributed by atoms with Gasteiger partial charge in [-0.05, 0) is 36.8 Å². The number of nitrogens with one attached hydrogen (secondary N) is 1. The number of para-hydroxylation sites is 1. The van der Waals surface area contributed by atoms with E-state index in [1.807, 2.05) is 37.3 Å². The molecule has 31 heavy (non-hydrogen) atoms. The molecule has 3 amide bonds. The molecule has 3 aromatic rings. The second-order valence-electron chi connectivity index (χ2n) is 7.11. The highest BCUT2D eigenvalue weighted by Gasteiger charge is 2.35. The maximum absolute atomic E-state index is 12.6. The summed E-state index contributed by atoms with van der Waals surface area (Å²) in [6.07, 6.45) is 1.58. The molecule has 0 spiro atoms. The van der Waals surface area contributed by atoms with Crippen molar-refractivity contribution < 1.29 is 19.5 Å². The second-order valence-corrected chi connectivity index (χ2v) is 7.95. The van der Waals surface area contributed by atoms with Gasteiger partial charge < -0.3 is 15.0 Å². The third kappa shape index (κ3) is 3.89. The Morgan fingerprint density at radius 2 is 1.90 bits per heavy atom. The number of benzene rings is 2. The number of aliphatic carboxylic acids is 1. The van der Waals surface area contributed by atoms with E-state index in [1.54, 1.807) is 18.2 Å². The maximum atomic E-state index is 12.6. The number of hydrogen-bond donors (Lipinski definition) is 2. The van der Waals surface area contributed by atoms with Gasteiger partial charge in [0.25, 0.3) is 5.91 Å². The summed E-state index contributed by atoms with van der Waals surface area (Å²) in [7, 11) is 0. The van der Waals surface area contributed by atoms with Gasteiger partial charge >= 0.3 is 12.0 Å². The molecule has 0 bridgehead atoms. The van der Waals surface area contributed by atoms with Crippen molar-refractivity contribution in [1.29, 1.82) is 0 Å². The van der Waals surface area contributed by atoms with Crippen LogP contribution in [0.1, 0.15) is 16.8 Å². The number of amides is 3. The molecule has 2 heterocycles. The van der Waals surface area contributed by atoms with E-state index in [0.29, 0.717) is 21.5 Å². The number of urea groups is 1. The number of carboxylic acids is 1. The fraction of sp³-hybridized carbons (Fsp3) is 0.136. The highest BCUT2D eigenvalue weighted by atomic mass is 35.5. The number of hydrogen-bond acceptors (Lipinski definition) is 3. The lowest BCUT2D eigenvalue weighted by Crippen LogP contribution is -2.35. The molecular formula is C22H17Cl2N3O4. The smallest absolute Gasteiger partial charge is 0.329 e. The fourth-order valence-electron chi connectivity index (χ4n) is 3.66. The molecule has 0 aliphatic carbocycles. The summed E-state index contributed by atoms with van der Waals surface area (Å²) in [5.41, 5.74) is 3.45. The molecule has 4 rings (SSSR count). The Morgan fingerprint density at radius 3 is 2.61 bits per heavy atom. The Kier molecular flexibility index (Phi) is 5.47. The van der Waals surface area contributed by atoms with E-state index >= 15 is 0 Å². The molecule has 2 N–H and O–H groups in total. The van der Waals surface area contributed by atoms with E-state index in [-0.39, 0.29) is 5.70 Å². The third-order valence-corrected chi connectivity index (χ3v) is 5.75. The van der Waals surface area contributed by atoms with Crippen LogP contribution in [0.15, 0.2) is 48.2 Å². The van der Waals surface area contributed by atoms with Crippen molar-refractivity contribution in [1.82, 2.24) is 14.8 Å². The zero-order valence-electron chi connectivity index (χ0n) is 16.4. The first-order valence-corrected chi connectivity index (χ1v) is 10.1. The van der Waals surface area contributed by atoms with Gasteiger partial charge in [-0.15, -0.1) is 0 Å². The minimum absolute atomic E-state index is 0.0294. The van der Waals surface area contributed by atoms with Crippen molar-refractivity contribution in [2.45, 2.75) is 13.5 Å². The molecule has 0 saturated carbocycles. The number of fused-ring (bicyclic) bond motifs is 1. The highest BCUT2D eigenvalue weighted by molar-refractivity contribution is 6.35. The molecule has 9 heteroatoms. The van der Waals surface area contributed by atoms with Crippen molar-refractivity contribution in [2.24, 2.45) is 0 Å². The van der Waals surface area contributed by atoms with Crippen LogP contribution in [0.2, 0.25) is 10.0 Å². The molecule has 1 aromatic heterocycles. The Morgan fingerprint density at radius 1 is 1.16 bits per heavy atom. The average Bonchev–Trinajstić information content (AvgIpc) is 3.13. The summed E-state index contributed by atoms with van der Waals surface area (Å²) in [6, 6.07) is 12.2. The predicted molar refractivity (Wildman–Crippen MR) is 118 cm³/mol. The quantitative estimate of drug-likeness (QED) is 0.441. The van der Waals surface area contributed by atoms with Crippen molar-refractivity contribution in [2.75, 3.05) is 6.54 Å². The number of imide groups is 1. The molecule has 1 aliphatic heterocycles. The summed E-state index contributed by atoms with van der Waals surface area (Å²) in [5.74, 6) is -1.94. The zero-order valence-corrected chi connectivity index (χ0v) is 17.9. The predicted octanol–water partition coefficient (Wildman–Crippen LogP) is 4.28. The van der Waals surface area contributed by atoms with Crippen molar-refractivity contribution in [3.63, 3.8) is 0 Å². The van der Waals surface area contributed by atoms with E-state index in [4.69, 9.17) is 28.3 Å². The Hall–Kier alpha value is -3.29. The largest absolute Gasteiger partial charge is 0.480 e. The average molecular weight is 458 g/mol. The van der Waals surface area contributed by atoms with Crippen LogP contribution in [0.25, 0.3) is 17.0 Å². The van der Waals surface area contributed by atoms with E-state index < -0.39 is 24.5 Å². The van der Waals surface area contributed by atoms with Crippen LogP contribution in [0.3, 0.4) is 0 Å². The molecule has 158 valence electrons.